The molecule has 0 aromatic carbocycles. The van der Waals surface area contributed by atoms with Crippen LogP contribution in [-0.4, -0.2) is 41.0 Å². The maximum Gasteiger partial charge on any atom is 0.171 e. The molecule has 1 atom stereocenters. The highest BCUT2D eigenvalue weighted by molar-refractivity contribution is 6.31. The van der Waals surface area contributed by atoms with Crippen LogP contribution < -0.4 is 5.32 Å². The summed E-state index contributed by atoms with van der Waals surface area (Å²) < 4.78 is 0. The SMILES string of the molecule is Cc1nc(Cl)c(NC2CCCN(C)C2)nc1C. The minimum Gasteiger partial charge on any atom is -0.363 e. The molecule has 1 aliphatic rings. The molecular weight excluding hydrogens is 236 g/mol. The summed E-state index contributed by atoms with van der Waals surface area (Å²) in [6.07, 6.45) is 2.37. The zero-order valence-electron chi connectivity index (χ0n) is 10.6. The van der Waals surface area contributed by atoms with E-state index in [9.17, 15) is 0 Å². The monoisotopic (exact) mass is 254 g/mol. The Bertz CT molecular complexity index is 408. The zero-order valence-corrected chi connectivity index (χ0v) is 11.4. The second-order valence-electron chi connectivity index (χ2n) is 4.78. The van der Waals surface area contributed by atoms with E-state index in [-0.39, 0.29) is 0 Å². The molecule has 0 spiro atoms. The number of hydrogen-bond acceptors (Lipinski definition) is 4. The molecule has 0 bridgehead atoms. The van der Waals surface area contributed by atoms with Gasteiger partial charge in [0.1, 0.15) is 0 Å². The molecule has 17 heavy (non-hydrogen) atoms. The number of anilines is 1. The Morgan fingerprint density at radius 1 is 1.29 bits per heavy atom. The van der Waals surface area contributed by atoms with Gasteiger partial charge in [-0.05, 0) is 40.3 Å². The molecule has 4 nitrogen and oxygen atoms in total. The van der Waals surface area contributed by atoms with Crippen LogP contribution in [0.3, 0.4) is 0 Å². The fourth-order valence-corrected chi connectivity index (χ4v) is 2.37. The quantitative estimate of drug-likeness (QED) is 0.879. The standard InChI is InChI=1S/C12H19ClN4/c1-8-9(2)15-12(11(13)14-8)16-10-5-4-6-17(3)7-10/h10H,4-7H2,1-3H3,(H,15,16). The molecule has 0 amide bonds. The third kappa shape index (κ3) is 3.07. The first-order valence-electron chi connectivity index (χ1n) is 6.02. The van der Waals surface area contributed by atoms with Gasteiger partial charge in [-0.15, -0.1) is 0 Å². The number of likely N-dealkylation sites (N-methyl/N-ethyl adjacent to an activating group) is 1. The van der Waals surface area contributed by atoms with Gasteiger partial charge >= 0.3 is 0 Å². The predicted octanol–water partition coefficient (Wildman–Crippen LogP) is 2.25. The molecular formula is C12H19ClN4. The van der Waals surface area contributed by atoms with Gasteiger partial charge in [-0.1, -0.05) is 11.6 Å². The Kier molecular flexibility index (Phi) is 3.84. The maximum absolute atomic E-state index is 6.11. The lowest BCUT2D eigenvalue weighted by Crippen LogP contribution is -2.40. The van der Waals surface area contributed by atoms with Crippen molar-refractivity contribution in [2.45, 2.75) is 32.7 Å². The summed E-state index contributed by atoms with van der Waals surface area (Å²) in [6, 6.07) is 0.419. The number of hydrogen-bond donors (Lipinski definition) is 1. The van der Waals surface area contributed by atoms with Gasteiger partial charge in [0.2, 0.25) is 0 Å². The number of nitrogens with zero attached hydrogens (tertiary/aromatic N) is 3. The van der Waals surface area contributed by atoms with Crippen molar-refractivity contribution >= 4 is 17.4 Å². The number of likely N-dealkylation sites (tertiary alicyclic amines) is 1. The molecule has 1 N–H and O–H groups in total. The second-order valence-corrected chi connectivity index (χ2v) is 5.14. The Hall–Kier alpha value is -0.870. The van der Waals surface area contributed by atoms with Gasteiger partial charge in [0, 0.05) is 12.6 Å². The van der Waals surface area contributed by atoms with Crippen LogP contribution >= 0.6 is 11.6 Å². The average Bonchev–Trinajstić information content (AvgIpc) is 2.26. The zero-order chi connectivity index (χ0) is 12.4. The lowest BCUT2D eigenvalue weighted by molar-refractivity contribution is 0.260. The first-order chi connectivity index (χ1) is 8.06. The summed E-state index contributed by atoms with van der Waals surface area (Å²) in [5, 5.41) is 3.87. The molecule has 0 aliphatic carbocycles. The third-order valence-corrected chi connectivity index (χ3v) is 3.49. The lowest BCUT2D eigenvalue weighted by Gasteiger charge is -2.30. The fourth-order valence-electron chi connectivity index (χ4n) is 2.15. The normalized spacial score (nSPS) is 21.5. The van der Waals surface area contributed by atoms with E-state index in [0.29, 0.717) is 11.2 Å². The van der Waals surface area contributed by atoms with Crippen molar-refractivity contribution < 1.29 is 0 Å². The number of aromatic nitrogens is 2. The number of aryl methyl sites for hydroxylation is 2. The number of rotatable bonds is 2. The van der Waals surface area contributed by atoms with Crippen molar-refractivity contribution in [3.8, 4) is 0 Å². The Balaban J connectivity index is 2.10. The van der Waals surface area contributed by atoms with Crippen LogP contribution in [0.25, 0.3) is 0 Å². The summed E-state index contributed by atoms with van der Waals surface area (Å²) in [7, 11) is 2.14. The molecule has 1 fully saturated rings. The van der Waals surface area contributed by atoms with Crippen molar-refractivity contribution in [2.24, 2.45) is 0 Å². The lowest BCUT2D eigenvalue weighted by atomic mass is 10.1. The van der Waals surface area contributed by atoms with Gasteiger partial charge in [-0.3, -0.25) is 0 Å². The van der Waals surface area contributed by atoms with Crippen molar-refractivity contribution in [2.75, 3.05) is 25.5 Å². The van der Waals surface area contributed by atoms with Crippen LogP contribution in [0.4, 0.5) is 5.82 Å². The van der Waals surface area contributed by atoms with Crippen LogP contribution in [0, 0.1) is 13.8 Å². The van der Waals surface area contributed by atoms with Crippen molar-refractivity contribution in [1.29, 1.82) is 0 Å². The highest BCUT2D eigenvalue weighted by atomic mass is 35.5. The van der Waals surface area contributed by atoms with Crippen molar-refractivity contribution in [3.05, 3.63) is 16.5 Å². The number of halogens is 1. The van der Waals surface area contributed by atoms with E-state index in [1.807, 2.05) is 13.8 Å². The highest BCUT2D eigenvalue weighted by Gasteiger charge is 2.18. The van der Waals surface area contributed by atoms with Crippen LogP contribution in [0.1, 0.15) is 24.2 Å². The molecule has 5 heteroatoms. The van der Waals surface area contributed by atoms with E-state index in [0.717, 1.165) is 30.2 Å². The van der Waals surface area contributed by atoms with Gasteiger partial charge in [-0.2, -0.15) is 0 Å². The Labute approximate surface area is 107 Å². The summed E-state index contributed by atoms with van der Waals surface area (Å²) in [4.78, 5) is 11.1. The number of piperidine rings is 1. The van der Waals surface area contributed by atoms with Crippen LogP contribution in [0.15, 0.2) is 0 Å². The van der Waals surface area contributed by atoms with Gasteiger partial charge in [-0.25, -0.2) is 9.97 Å². The molecule has 1 aliphatic heterocycles. The van der Waals surface area contributed by atoms with E-state index in [1.165, 1.54) is 13.0 Å². The fraction of sp³-hybridized carbons (Fsp3) is 0.667. The third-order valence-electron chi connectivity index (χ3n) is 3.23. The Morgan fingerprint density at radius 3 is 2.71 bits per heavy atom. The topological polar surface area (TPSA) is 41.1 Å². The molecule has 94 valence electrons. The van der Waals surface area contributed by atoms with E-state index < -0.39 is 0 Å². The first-order valence-corrected chi connectivity index (χ1v) is 6.40. The van der Waals surface area contributed by atoms with E-state index in [1.54, 1.807) is 0 Å². The summed E-state index contributed by atoms with van der Waals surface area (Å²) in [6.45, 7) is 6.08. The molecule has 1 aromatic rings. The average molecular weight is 255 g/mol. The summed E-state index contributed by atoms with van der Waals surface area (Å²) >= 11 is 6.11. The molecule has 1 saturated heterocycles. The van der Waals surface area contributed by atoms with Gasteiger partial charge in [0.25, 0.3) is 0 Å². The summed E-state index contributed by atoms with van der Waals surface area (Å²) in [5.41, 5.74) is 1.82. The van der Waals surface area contributed by atoms with Crippen LogP contribution in [-0.2, 0) is 0 Å². The van der Waals surface area contributed by atoms with Gasteiger partial charge in [0.05, 0.1) is 11.4 Å². The Morgan fingerprint density at radius 2 is 2.00 bits per heavy atom. The molecule has 2 rings (SSSR count). The van der Waals surface area contributed by atoms with Crippen molar-refractivity contribution in [3.63, 3.8) is 0 Å². The van der Waals surface area contributed by atoms with Crippen molar-refractivity contribution in [1.82, 2.24) is 14.9 Å². The molecule has 2 heterocycles. The largest absolute Gasteiger partial charge is 0.363 e. The smallest absolute Gasteiger partial charge is 0.171 e. The van der Waals surface area contributed by atoms with E-state index in [4.69, 9.17) is 11.6 Å². The maximum atomic E-state index is 6.11. The summed E-state index contributed by atoms with van der Waals surface area (Å²) in [5.74, 6) is 0.718. The van der Waals surface area contributed by atoms with Crippen LogP contribution in [0.5, 0.6) is 0 Å². The molecule has 1 unspecified atom stereocenters. The van der Waals surface area contributed by atoms with E-state index >= 15 is 0 Å². The predicted molar refractivity (Wildman–Crippen MR) is 70.7 cm³/mol. The molecule has 0 saturated carbocycles. The van der Waals surface area contributed by atoms with Crippen LogP contribution in [0.2, 0.25) is 5.15 Å². The van der Waals surface area contributed by atoms with E-state index in [2.05, 4.69) is 27.2 Å². The van der Waals surface area contributed by atoms with Gasteiger partial charge < -0.3 is 10.2 Å². The van der Waals surface area contributed by atoms with Gasteiger partial charge in [0.15, 0.2) is 11.0 Å². The molecule has 1 aromatic heterocycles. The highest BCUT2D eigenvalue weighted by Crippen LogP contribution is 2.21. The second kappa shape index (κ2) is 5.19. The minimum atomic E-state index is 0.419. The first kappa shape index (κ1) is 12.6. The number of nitrogens with one attached hydrogen (secondary N) is 1. The molecule has 0 radical (unpaired) electrons. The minimum absolute atomic E-state index is 0.419.